The normalized spacial score (nSPS) is 10.7. The molecule has 3 aromatic rings. The van der Waals surface area contributed by atoms with Gasteiger partial charge >= 0.3 is 0 Å². The molecule has 3 rings (SSSR count). The summed E-state index contributed by atoms with van der Waals surface area (Å²) in [5.41, 5.74) is 2.71. The van der Waals surface area contributed by atoms with Crippen molar-refractivity contribution in [1.29, 1.82) is 0 Å². The van der Waals surface area contributed by atoms with Gasteiger partial charge in [-0.15, -0.1) is 5.10 Å². The molecule has 0 saturated carbocycles. The molecule has 7 nitrogen and oxygen atoms in total. The Morgan fingerprint density at radius 3 is 2.60 bits per heavy atom. The molecule has 2 heterocycles. The van der Waals surface area contributed by atoms with E-state index < -0.39 is 0 Å². The molecule has 1 aromatic carbocycles. The van der Waals surface area contributed by atoms with Crippen LogP contribution >= 0.6 is 0 Å². The molecule has 0 unspecified atom stereocenters. The van der Waals surface area contributed by atoms with Crippen LogP contribution in [0.15, 0.2) is 35.1 Å². The van der Waals surface area contributed by atoms with Crippen molar-refractivity contribution in [2.24, 2.45) is 0 Å². The van der Waals surface area contributed by atoms with Gasteiger partial charge in [-0.05, 0) is 48.5 Å². The zero-order valence-electron chi connectivity index (χ0n) is 11.1. The van der Waals surface area contributed by atoms with Gasteiger partial charge in [0.1, 0.15) is 24.4 Å². The van der Waals surface area contributed by atoms with Gasteiger partial charge in [0.15, 0.2) is 0 Å². The van der Waals surface area contributed by atoms with Crippen LogP contribution in [0.5, 0.6) is 5.75 Å². The van der Waals surface area contributed by atoms with Crippen LogP contribution in [0.1, 0.15) is 17.0 Å². The van der Waals surface area contributed by atoms with E-state index in [1.165, 1.54) is 0 Å². The number of tetrazole rings is 1. The van der Waals surface area contributed by atoms with E-state index in [2.05, 4.69) is 20.7 Å². The summed E-state index contributed by atoms with van der Waals surface area (Å²) < 4.78 is 12.4. The van der Waals surface area contributed by atoms with Crippen LogP contribution in [0, 0.1) is 13.8 Å². The summed E-state index contributed by atoms with van der Waals surface area (Å²) in [4.78, 5) is 0. The van der Waals surface area contributed by atoms with E-state index in [-0.39, 0.29) is 0 Å². The van der Waals surface area contributed by atoms with Gasteiger partial charge < -0.3 is 9.26 Å². The molecule has 0 saturated heterocycles. The SMILES string of the molecule is Cc1noc(C)c1COc1ccc(-n2cnnn2)cc1. The Labute approximate surface area is 115 Å². The predicted octanol–water partition coefficient (Wildman–Crippen LogP) is 1.85. The van der Waals surface area contributed by atoms with Crippen LogP contribution in [0.2, 0.25) is 0 Å². The minimum atomic E-state index is 0.436. The van der Waals surface area contributed by atoms with E-state index in [1.807, 2.05) is 38.1 Å². The quantitative estimate of drug-likeness (QED) is 0.720. The third-order valence-electron chi connectivity index (χ3n) is 3.01. The van der Waals surface area contributed by atoms with Gasteiger partial charge in [-0.1, -0.05) is 5.16 Å². The first-order chi connectivity index (χ1) is 9.74. The summed E-state index contributed by atoms with van der Waals surface area (Å²) in [5.74, 6) is 1.55. The molecule has 0 spiro atoms. The second-order valence-electron chi connectivity index (χ2n) is 4.34. The zero-order chi connectivity index (χ0) is 13.9. The molecule has 0 bridgehead atoms. The van der Waals surface area contributed by atoms with Crippen molar-refractivity contribution in [3.8, 4) is 11.4 Å². The predicted molar refractivity (Wildman–Crippen MR) is 69.5 cm³/mol. The highest BCUT2D eigenvalue weighted by molar-refractivity contribution is 5.36. The molecule has 0 aliphatic carbocycles. The third kappa shape index (κ3) is 2.37. The zero-order valence-corrected chi connectivity index (χ0v) is 11.1. The first kappa shape index (κ1) is 12.3. The monoisotopic (exact) mass is 271 g/mol. The fraction of sp³-hybridized carbons (Fsp3) is 0.231. The number of ether oxygens (including phenoxy) is 1. The molecule has 0 aliphatic rings. The number of nitrogens with zero attached hydrogens (tertiary/aromatic N) is 5. The largest absolute Gasteiger partial charge is 0.489 e. The first-order valence-corrected chi connectivity index (χ1v) is 6.12. The highest BCUT2D eigenvalue weighted by atomic mass is 16.5. The van der Waals surface area contributed by atoms with Crippen LogP contribution < -0.4 is 4.74 Å². The van der Waals surface area contributed by atoms with E-state index in [9.17, 15) is 0 Å². The highest BCUT2D eigenvalue weighted by Crippen LogP contribution is 2.18. The number of hydrogen-bond acceptors (Lipinski definition) is 6. The Morgan fingerprint density at radius 2 is 2.00 bits per heavy atom. The van der Waals surface area contributed by atoms with Crippen LogP contribution in [0.4, 0.5) is 0 Å². The minimum Gasteiger partial charge on any atom is -0.489 e. The average Bonchev–Trinajstić information content (AvgIpc) is 3.09. The van der Waals surface area contributed by atoms with Crippen LogP contribution in [-0.2, 0) is 6.61 Å². The lowest BCUT2D eigenvalue weighted by atomic mass is 10.2. The van der Waals surface area contributed by atoms with E-state index in [1.54, 1.807) is 11.0 Å². The number of hydrogen-bond donors (Lipinski definition) is 0. The molecule has 0 radical (unpaired) electrons. The number of aromatic nitrogens is 5. The Bertz CT molecular complexity index is 669. The lowest BCUT2D eigenvalue weighted by molar-refractivity contribution is 0.301. The molecule has 0 N–H and O–H groups in total. The lowest BCUT2D eigenvalue weighted by Gasteiger charge is -2.06. The van der Waals surface area contributed by atoms with Crippen molar-refractivity contribution < 1.29 is 9.26 Å². The number of benzene rings is 1. The summed E-state index contributed by atoms with van der Waals surface area (Å²) in [6.45, 7) is 4.21. The Kier molecular flexibility index (Phi) is 3.16. The highest BCUT2D eigenvalue weighted by Gasteiger charge is 2.09. The standard InChI is InChI=1S/C13H13N5O2/c1-9-13(10(2)20-15-9)7-19-12-5-3-11(4-6-12)18-8-14-16-17-18/h3-6,8H,7H2,1-2H3. The molecule has 0 amide bonds. The Balaban J connectivity index is 1.70. The van der Waals surface area contributed by atoms with E-state index in [0.29, 0.717) is 6.61 Å². The van der Waals surface area contributed by atoms with Crippen molar-refractivity contribution in [3.63, 3.8) is 0 Å². The van der Waals surface area contributed by atoms with Gasteiger partial charge in [0, 0.05) is 0 Å². The maximum Gasteiger partial charge on any atom is 0.143 e. The molecule has 102 valence electrons. The maximum absolute atomic E-state index is 5.72. The second kappa shape index (κ2) is 5.12. The minimum absolute atomic E-state index is 0.436. The summed E-state index contributed by atoms with van der Waals surface area (Å²) >= 11 is 0. The first-order valence-electron chi connectivity index (χ1n) is 6.12. The van der Waals surface area contributed by atoms with Gasteiger partial charge in [-0.3, -0.25) is 0 Å². The molecule has 7 heteroatoms. The molecule has 0 fully saturated rings. The Hall–Kier alpha value is -2.70. The fourth-order valence-electron chi connectivity index (χ4n) is 1.84. The van der Waals surface area contributed by atoms with E-state index in [0.717, 1.165) is 28.5 Å². The molecule has 2 aromatic heterocycles. The summed E-state index contributed by atoms with van der Waals surface area (Å²) in [6, 6.07) is 7.52. The van der Waals surface area contributed by atoms with Gasteiger partial charge in [0.05, 0.1) is 16.9 Å². The maximum atomic E-state index is 5.72. The average molecular weight is 271 g/mol. The van der Waals surface area contributed by atoms with Gasteiger partial charge in [0.2, 0.25) is 0 Å². The van der Waals surface area contributed by atoms with Crippen molar-refractivity contribution in [2.45, 2.75) is 20.5 Å². The summed E-state index contributed by atoms with van der Waals surface area (Å²) in [5, 5.41) is 14.9. The van der Waals surface area contributed by atoms with Crippen molar-refractivity contribution >= 4 is 0 Å². The van der Waals surface area contributed by atoms with Gasteiger partial charge in [-0.2, -0.15) is 0 Å². The second-order valence-corrected chi connectivity index (χ2v) is 4.34. The summed E-state index contributed by atoms with van der Waals surface area (Å²) in [6.07, 6.45) is 1.54. The molecule has 0 atom stereocenters. The van der Waals surface area contributed by atoms with E-state index >= 15 is 0 Å². The fourth-order valence-corrected chi connectivity index (χ4v) is 1.84. The molecule has 20 heavy (non-hydrogen) atoms. The molecular weight excluding hydrogens is 258 g/mol. The lowest BCUT2D eigenvalue weighted by Crippen LogP contribution is -1.99. The summed E-state index contributed by atoms with van der Waals surface area (Å²) in [7, 11) is 0. The smallest absolute Gasteiger partial charge is 0.143 e. The topological polar surface area (TPSA) is 78.9 Å². The Morgan fingerprint density at radius 1 is 1.20 bits per heavy atom. The number of aryl methyl sites for hydroxylation is 2. The van der Waals surface area contributed by atoms with Crippen molar-refractivity contribution in [3.05, 3.63) is 47.6 Å². The van der Waals surface area contributed by atoms with Crippen LogP contribution in [0.25, 0.3) is 5.69 Å². The van der Waals surface area contributed by atoms with Crippen LogP contribution in [-0.4, -0.2) is 25.4 Å². The molecule has 0 aliphatic heterocycles. The van der Waals surface area contributed by atoms with Crippen molar-refractivity contribution in [1.82, 2.24) is 25.4 Å². The third-order valence-corrected chi connectivity index (χ3v) is 3.01. The van der Waals surface area contributed by atoms with Crippen molar-refractivity contribution in [2.75, 3.05) is 0 Å². The van der Waals surface area contributed by atoms with Crippen LogP contribution in [0.3, 0.4) is 0 Å². The van der Waals surface area contributed by atoms with Gasteiger partial charge in [-0.25, -0.2) is 4.68 Å². The van der Waals surface area contributed by atoms with E-state index in [4.69, 9.17) is 9.26 Å². The molecular formula is C13H13N5O2. The van der Waals surface area contributed by atoms with Gasteiger partial charge in [0.25, 0.3) is 0 Å². The number of rotatable bonds is 4.